The minimum Gasteiger partial charge on any atom is -0.375 e. The summed E-state index contributed by atoms with van der Waals surface area (Å²) >= 11 is 0. The van der Waals surface area contributed by atoms with Crippen molar-refractivity contribution in [2.45, 2.75) is 37.8 Å². The Morgan fingerprint density at radius 1 is 1.44 bits per heavy atom. The predicted octanol–water partition coefficient (Wildman–Crippen LogP) is 0.994. The van der Waals surface area contributed by atoms with Gasteiger partial charge in [0.1, 0.15) is 17.5 Å². The molecule has 9 heteroatoms. The summed E-state index contributed by atoms with van der Waals surface area (Å²) in [5.41, 5.74) is 0.712. The first-order chi connectivity index (χ1) is 12.1. The normalized spacial score (nSPS) is 23.4. The Morgan fingerprint density at radius 2 is 2.28 bits per heavy atom. The average Bonchev–Trinajstić information content (AvgIpc) is 3.34. The van der Waals surface area contributed by atoms with Crippen molar-refractivity contribution in [1.82, 2.24) is 25.5 Å². The standard InChI is InChI=1S/C16H19FN6O2/c1-9-14(18-6-7-25-9)16(24)19-11-4-5-12(17)13(8-11)23-15(10-2-3-10)20-21-22-23/h4-5,8-10,14,18H,2-3,6-7H2,1H3,(H,19,24)/t9-,14+/m1/s1. The smallest absolute Gasteiger partial charge is 0.244 e. The van der Waals surface area contributed by atoms with Gasteiger partial charge < -0.3 is 15.4 Å². The Hall–Kier alpha value is -2.39. The molecule has 2 aliphatic rings. The van der Waals surface area contributed by atoms with E-state index in [1.54, 1.807) is 6.07 Å². The molecule has 1 saturated heterocycles. The van der Waals surface area contributed by atoms with Crippen molar-refractivity contribution in [3.63, 3.8) is 0 Å². The number of halogens is 1. The molecule has 1 aliphatic carbocycles. The first-order valence-corrected chi connectivity index (χ1v) is 8.37. The molecule has 1 aromatic heterocycles. The van der Waals surface area contributed by atoms with Gasteiger partial charge >= 0.3 is 0 Å². The molecule has 2 N–H and O–H groups in total. The SMILES string of the molecule is C[C@H]1OCCN[C@@H]1C(=O)Nc1ccc(F)c(-n2nnnc2C2CC2)c1. The number of hydrogen-bond donors (Lipinski definition) is 2. The summed E-state index contributed by atoms with van der Waals surface area (Å²) < 4.78 is 21.2. The fraction of sp³-hybridized carbons (Fsp3) is 0.500. The second kappa shape index (κ2) is 6.49. The molecule has 1 saturated carbocycles. The van der Waals surface area contributed by atoms with Crippen molar-refractivity contribution in [2.75, 3.05) is 18.5 Å². The van der Waals surface area contributed by atoms with E-state index in [0.717, 1.165) is 12.8 Å². The zero-order valence-electron chi connectivity index (χ0n) is 13.8. The average molecular weight is 346 g/mol. The number of tetrazole rings is 1. The van der Waals surface area contributed by atoms with E-state index < -0.39 is 11.9 Å². The third kappa shape index (κ3) is 3.24. The highest BCUT2D eigenvalue weighted by molar-refractivity contribution is 5.95. The van der Waals surface area contributed by atoms with E-state index in [4.69, 9.17) is 4.74 Å². The molecule has 132 valence electrons. The molecule has 4 rings (SSSR count). The van der Waals surface area contributed by atoms with Crippen molar-refractivity contribution in [2.24, 2.45) is 0 Å². The number of carbonyl (C=O) groups excluding carboxylic acids is 1. The van der Waals surface area contributed by atoms with E-state index in [-0.39, 0.29) is 23.6 Å². The first kappa shape index (κ1) is 16.1. The van der Waals surface area contributed by atoms with E-state index in [1.165, 1.54) is 16.8 Å². The molecule has 1 amide bonds. The molecular weight excluding hydrogens is 327 g/mol. The highest BCUT2D eigenvalue weighted by atomic mass is 19.1. The molecule has 2 atom stereocenters. The maximum Gasteiger partial charge on any atom is 0.244 e. The number of aromatic nitrogens is 4. The van der Waals surface area contributed by atoms with Gasteiger partial charge in [0.15, 0.2) is 5.82 Å². The molecule has 1 aliphatic heterocycles. The minimum absolute atomic E-state index is 0.219. The van der Waals surface area contributed by atoms with Crippen molar-refractivity contribution >= 4 is 11.6 Å². The van der Waals surface area contributed by atoms with E-state index in [1.807, 2.05) is 6.92 Å². The van der Waals surface area contributed by atoms with E-state index >= 15 is 0 Å². The Kier molecular flexibility index (Phi) is 4.18. The van der Waals surface area contributed by atoms with Crippen LogP contribution in [0.1, 0.15) is 31.5 Å². The summed E-state index contributed by atoms with van der Waals surface area (Å²) in [4.78, 5) is 12.5. The summed E-state index contributed by atoms with van der Waals surface area (Å²) in [6.07, 6.45) is 1.78. The number of benzene rings is 1. The topological polar surface area (TPSA) is 94.0 Å². The number of nitrogens with one attached hydrogen (secondary N) is 2. The molecule has 2 aromatic rings. The molecule has 2 fully saturated rings. The third-order valence-corrected chi connectivity index (χ3v) is 4.48. The van der Waals surface area contributed by atoms with E-state index in [2.05, 4.69) is 26.2 Å². The van der Waals surface area contributed by atoms with Crippen LogP contribution >= 0.6 is 0 Å². The quantitative estimate of drug-likeness (QED) is 0.858. The minimum atomic E-state index is -0.447. The Balaban J connectivity index is 1.57. The molecule has 25 heavy (non-hydrogen) atoms. The van der Waals surface area contributed by atoms with E-state index in [9.17, 15) is 9.18 Å². The summed E-state index contributed by atoms with van der Waals surface area (Å²) in [5.74, 6) is 0.263. The zero-order valence-corrected chi connectivity index (χ0v) is 13.8. The Labute approximate surface area is 143 Å². The van der Waals surface area contributed by atoms with Crippen LogP contribution in [0.4, 0.5) is 10.1 Å². The first-order valence-electron chi connectivity index (χ1n) is 8.37. The third-order valence-electron chi connectivity index (χ3n) is 4.48. The molecule has 2 heterocycles. The number of morpholine rings is 1. The van der Waals surface area contributed by atoms with Crippen LogP contribution in [-0.4, -0.2) is 51.4 Å². The van der Waals surface area contributed by atoms with Gasteiger partial charge in [-0.1, -0.05) is 0 Å². The second-order valence-electron chi connectivity index (χ2n) is 6.39. The molecule has 0 unspecified atom stereocenters. The summed E-state index contributed by atoms with van der Waals surface area (Å²) in [6, 6.07) is 3.92. The van der Waals surface area contributed by atoms with Crippen LogP contribution in [0, 0.1) is 5.82 Å². The molecule has 0 radical (unpaired) electrons. The zero-order chi connectivity index (χ0) is 17.4. The Bertz CT molecular complexity index is 791. The lowest BCUT2D eigenvalue weighted by molar-refractivity contribution is -0.123. The van der Waals surface area contributed by atoms with Crippen LogP contribution in [0.15, 0.2) is 18.2 Å². The van der Waals surface area contributed by atoms with Crippen molar-refractivity contribution in [3.05, 3.63) is 29.8 Å². The molecule has 0 spiro atoms. The number of rotatable bonds is 4. The Morgan fingerprint density at radius 3 is 3.04 bits per heavy atom. The molecule has 1 aromatic carbocycles. The van der Waals surface area contributed by atoms with Crippen LogP contribution in [0.25, 0.3) is 5.69 Å². The van der Waals surface area contributed by atoms with Gasteiger partial charge in [-0.05, 0) is 48.4 Å². The van der Waals surface area contributed by atoms with Crippen molar-refractivity contribution in [1.29, 1.82) is 0 Å². The van der Waals surface area contributed by atoms with Gasteiger partial charge in [0.2, 0.25) is 5.91 Å². The van der Waals surface area contributed by atoms with Gasteiger partial charge in [0.05, 0.1) is 12.7 Å². The predicted molar refractivity (Wildman–Crippen MR) is 86.9 cm³/mol. The monoisotopic (exact) mass is 346 g/mol. The summed E-state index contributed by atoms with van der Waals surface area (Å²) in [5, 5.41) is 17.5. The van der Waals surface area contributed by atoms with Gasteiger partial charge in [-0.3, -0.25) is 4.79 Å². The molecular formula is C16H19FN6O2. The van der Waals surface area contributed by atoms with Gasteiger partial charge in [-0.2, -0.15) is 4.68 Å². The van der Waals surface area contributed by atoms with Crippen LogP contribution in [0.3, 0.4) is 0 Å². The maximum atomic E-state index is 14.3. The van der Waals surface area contributed by atoms with Crippen LogP contribution in [0.5, 0.6) is 0 Å². The van der Waals surface area contributed by atoms with E-state index in [0.29, 0.717) is 24.7 Å². The number of nitrogens with zero attached hydrogens (tertiary/aromatic N) is 4. The maximum absolute atomic E-state index is 14.3. The summed E-state index contributed by atoms with van der Waals surface area (Å²) in [7, 11) is 0. The van der Waals surface area contributed by atoms with Crippen LogP contribution in [0.2, 0.25) is 0 Å². The fourth-order valence-corrected chi connectivity index (χ4v) is 2.96. The molecule has 0 bridgehead atoms. The van der Waals surface area contributed by atoms with Crippen LogP contribution in [-0.2, 0) is 9.53 Å². The lowest BCUT2D eigenvalue weighted by Gasteiger charge is -2.29. The number of ether oxygens (including phenoxy) is 1. The number of anilines is 1. The summed E-state index contributed by atoms with van der Waals surface area (Å²) in [6.45, 7) is 3.04. The number of hydrogen-bond acceptors (Lipinski definition) is 6. The largest absolute Gasteiger partial charge is 0.375 e. The highest BCUT2D eigenvalue weighted by Gasteiger charge is 2.31. The van der Waals surface area contributed by atoms with Crippen molar-refractivity contribution < 1.29 is 13.9 Å². The lowest BCUT2D eigenvalue weighted by Crippen LogP contribution is -2.53. The van der Waals surface area contributed by atoms with Gasteiger partial charge in [0.25, 0.3) is 0 Å². The highest BCUT2D eigenvalue weighted by Crippen LogP contribution is 2.39. The number of amides is 1. The number of carbonyl (C=O) groups is 1. The van der Waals surface area contributed by atoms with Gasteiger partial charge in [-0.25, -0.2) is 4.39 Å². The van der Waals surface area contributed by atoms with Crippen molar-refractivity contribution in [3.8, 4) is 5.69 Å². The van der Waals surface area contributed by atoms with Gasteiger partial charge in [-0.15, -0.1) is 5.10 Å². The van der Waals surface area contributed by atoms with Gasteiger partial charge in [0, 0.05) is 18.2 Å². The van der Waals surface area contributed by atoms with Crippen LogP contribution < -0.4 is 10.6 Å². The second-order valence-corrected chi connectivity index (χ2v) is 6.39. The lowest BCUT2D eigenvalue weighted by atomic mass is 10.1. The molecule has 8 nitrogen and oxygen atoms in total. The fourth-order valence-electron chi connectivity index (χ4n) is 2.96.